The lowest BCUT2D eigenvalue weighted by Gasteiger charge is -2.11. The average molecular weight is 366 g/mol. The van der Waals surface area contributed by atoms with Crippen molar-refractivity contribution in [2.75, 3.05) is 11.9 Å². The highest BCUT2D eigenvalue weighted by atomic mass is 79.9. The number of nitrogens with one attached hydrogen (secondary N) is 1. The molecule has 4 nitrogen and oxygen atoms in total. The molecule has 0 aromatic heterocycles. The summed E-state index contributed by atoms with van der Waals surface area (Å²) in [6.07, 6.45) is 0. The third kappa shape index (κ3) is 3.97. The average Bonchev–Trinajstić information content (AvgIpc) is 2.49. The maximum absolute atomic E-state index is 12.2. The Labute approximate surface area is 135 Å². The van der Waals surface area contributed by atoms with Gasteiger partial charge in [0.05, 0.1) is 10.7 Å². The first kappa shape index (κ1) is 15.4. The van der Waals surface area contributed by atoms with E-state index in [0.717, 1.165) is 4.47 Å². The van der Waals surface area contributed by atoms with Crippen molar-refractivity contribution in [1.29, 1.82) is 5.26 Å². The van der Waals surface area contributed by atoms with Gasteiger partial charge in [0.15, 0.2) is 6.61 Å². The summed E-state index contributed by atoms with van der Waals surface area (Å²) in [5, 5.41) is 11.7. The van der Waals surface area contributed by atoms with E-state index in [4.69, 9.17) is 21.6 Å². The molecule has 0 fully saturated rings. The first-order chi connectivity index (χ1) is 10.1. The Morgan fingerprint density at radius 1 is 1.33 bits per heavy atom. The van der Waals surface area contributed by atoms with Crippen LogP contribution in [0.5, 0.6) is 5.75 Å². The lowest BCUT2D eigenvalue weighted by Crippen LogP contribution is -2.13. The topological polar surface area (TPSA) is 62.1 Å². The number of benzene rings is 2. The second kappa shape index (κ2) is 7.11. The molecule has 0 bridgehead atoms. The number of hydrogen-bond donors (Lipinski definition) is 1. The van der Waals surface area contributed by atoms with Crippen LogP contribution in [0.1, 0.15) is 10.4 Å². The van der Waals surface area contributed by atoms with Crippen LogP contribution in [-0.2, 0) is 0 Å². The molecule has 2 rings (SSSR count). The van der Waals surface area contributed by atoms with Crippen molar-refractivity contribution >= 4 is 39.1 Å². The highest BCUT2D eigenvalue weighted by molar-refractivity contribution is 9.10. The number of anilines is 1. The quantitative estimate of drug-likeness (QED) is 0.880. The summed E-state index contributed by atoms with van der Waals surface area (Å²) in [6.45, 7) is -0.0863. The Balaban J connectivity index is 2.19. The standard InChI is InChI=1S/C15H10BrClN2O2/c16-11-6-5-10(9-12(11)17)15(20)19-13-3-1-2-4-14(13)21-8-7-18/h1-6,9H,8H2,(H,19,20). The molecule has 0 aliphatic heterocycles. The summed E-state index contributed by atoms with van der Waals surface area (Å²) in [5.74, 6) is 0.132. The van der Waals surface area contributed by atoms with E-state index in [1.807, 2.05) is 6.07 Å². The molecule has 0 saturated heterocycles. The molecule has 1 N–H and O–H groups in total. The Kier molecular flexibility index (Phi) is 5.20. The number of para-hydroxylation sites is 2. The fraction of sp³-hybridized carbons (Fsp3) is 0.0667. The highest BCUT2D eigenvalue weighted by Gasteiger charge is 2.11. The van der Waals surface area contributed by atoms with Gasteiger partial charge in [0.1, 0.15) is 11.8 Å². The predicted octanol–water partition coefficient (Wildman–Crippen LogP) is 4.26. The number of halogens is 2. The number of hydrogen-bond acceptors (Lipinski definition) is 3. The Morgan fingerprint density at radius 3 is 2.81 bits per heavy atom. The van der Waals surface area contributed by atoms with E-state index in [2.05, 4.69) is 21.2 Å². The number of nitrogens with zero attached hydrogens (tertiary/aromatic N) is 1. The van der Waals surface area contributed by atoms with Gasteiger partial charge >= 0.3 is 0 Å². The van der Waals surface area contributed by atoms with E-state index in [-0.39, 0.29) is 12.5 Å². The van der Waals surface area contributed by atoms with Crippen LogP contribution in [0.2, 0.25) is 5.02 Å². The predicted molar refractivity (Wildman–Crippen MR) is 84.7 cm³/mol. The molecule has 0 heterocycles. The molecule has 1 amide bonds. The number of carbonyl (C=O) groups is 1. The van der Waals surface area contributed by atoms with Gasteiger partial charge in [-0.2, -0.15) is 5.26 Å². The summed E-state index contributed by atoms with van der Waals surface area (Å²) < 4.78 is 5.98. The van der Waals surface area contributed by atoms with Gasteiger partial charge in [0.25, 0.3) is 5.91 Å². The van der Waals surface area contributed by atoms with Gasteiger partial charge in [0, 0.05) is 10.0 Å². The van der Waals surface area contributed by atoms with Crippen LogP contribution >= 0.6 is 27.5 Å². The van der Waals surface area contributed by atoms with Gasteiger partial charge < -0.3 is 10.1 Å². The molecular formula is C15H10BrClN2O2. The summed E-state index contributed by atoms with van der Waals surface area (Å²) in [6, 6.07) is 13.7. The summed E-state index contributed by atoms with van der Waals surface area (Å²) in [4.78, 5) is 12.2. The summed E-state index contributed by atoms with van der Waals surface area (Å²) >= 11 is 9.24. The zero-order valence-electron chi connectivity index (χ0n) is 10.8. The Bertz CT molecular complexity index is 713. The van der Waals surface area contributed by atoms with E-state index in [1.165, 1.54) is 0 Å². The summed E-state index contributed by atoms with van der Waals surface area (Å²) in [5.41, 5.74) is 0.926. The zero-order chi connectivity index (χ0) is 15.2. The lowest BCUT2D eigenvalue weighted by molar-refractivity contribution is 0.102. The molecule has 21 heavy (non-hydrogen) atoms. The minimum absolute atomic E-state index is 0.0863. The Morgan fingerprint density at radius 2 is 2.10 bits per heavy atom. The van der Waals surface area contributed by atoms with Crippen molar-refractivity contribution in [2.45, 2.75) is 0 Å². The molecule has 0 aliphatic carbocycles. The van der Waals surface area contributed by atoms with Crippen LogP contribution in [0.3, 0.4) is 0 Å². The van der Waals surface area contributed by atoms with Crippen molar-refractivity contribution in [3.63, 3.8) is 0 Å². The first-order valence-corrected chi connectivity index (χ1v) is 7.14. The maximum atomic E-state index is 12.2. The van der Waals surface area contributed by atoms with E-state index in [1.54, 1.807) is 42.5 Å². The van der Waals surface area contributed by atoms with Crippen molar-refractivity contribution in [3.8, 4) is 11.8 Å². The molecule has 0 saturated carbocycles. The molecule has 0 unspecified atom stereocenters. The third-order valence-corrected chi connectivity index (χ3v) is 3.84. The van der Waals surface area contributed by atoms with E-state index >= 15 is 0 Å². The van der Waals surface area contributed by atoms with Gasteiger partial charge in [0.2, 0.25) is 0 Å². The fourth-order valence-electron chi connectivity index (χ4n) is 1.64. The van der Waals surface area contributed by atoms with Gasteiger partial charge in [-0.05, 0) is 46.3 Å². The first-order valence-electron chi connectivity index (χ1n) is 5.97. The molecule has 2 aromatic rings. The number of rotatable bonds is 4. The third-order valence-electron chi connectivity index (χ3n) is 2.61. The van der Waals surface area contributed by atoms with E-state index in [0.29, 0.717) is 22.0 Å². The Hall–Kier alpha value is -2.03. The van der Waals surface area contributed by atoms with Crippen LogP contribution in [0.4, 0.5) is 5.69 Å². The minimum Gasteiger partial charge on any atom is -0.477 e. The van der Waals surface area contributed by atoms with Crippen molar-refractivity contribution in [1.82, 2.24) is 0 Å². The zero-order valence-corrected chi connectivity index (χ0v) is 13.1. The number of amides is 1. The van der Waals surface area contributed by atoms with Gasteiger partial charge in [-0.15, -0.1) is 0 Å². The molecule has 0 atom stereocenters. The molecule has 0 aliphatic rings. The van der Waals surface area contributed by atoms with Gasteiger partial charge in [-0.3, -0.25) is 4.79 Å². The molecule has 0 spiro atoms. The highest BCUT2D eigenvalue weighted by Crippen LogP contribution is 2.26. The lowest BCUT2D eigenvalue weighted by atomic mass is 10.2. The molecule has 6 heteroatoms. The van der Waals surface area contributed by atoms with Crippen LogP contribution in [-0.4, -0.2) is 12.5 Å². The summed E-state index contributed by atoms with van der Waals surface area (Å²) in [7, 11) is 0. The SMILES string of the molecule is N#CCOc1ccccc1NC(=O)c1ccc(Br)c(Cl)c1. The van der Waals surface area contributed by atoms with Crippen LogP contribution in [0, 0.1) is 11.3 Å². The number of nitriles is 1. The van der Waals surface area contributed by atoms with Crippen molar-refractivity contribution in [3.05, 3.63) is 57.5 Å². The van der Waals surface area contributed by atoms with E-state index < -0.39 is 0 Å². The van der Waals surface area contributed by atoms with E-state index in [9.17, 15) is 4.79 Å². The molecule has 2 aromatic carbocycles. The minimum atomic E-state index is -0.308. The molecule has 0 radical (unpaired) electrons. The van der Waals surface area contributed by atoms with Crippen molar-refractivity contribution < 1.29 is 9.53 Å². The van der Waals surface area contributed by atoms with Gasteiger partial charge in [-0.1, -0.05) is 23.7 Å². The number of ether oxygens (including phenoxy) is 1. The fourth-order valence-corrected chi connectivity index (χ4v) is 2.06. The molecule has 106 valence electrons. The molecular weight excluding hydrogens is 356 g/mol. The normalized spacial score (nSPS) is 9.76. The second-order valence-electron chi connectivity index (χ2n) is 4.03. The largest absolute Gasteiger partial charge is 0.477 e. The smallest absolute Gasteiger partial charge is 0.255 e. The van der Waals surface area contributed by atoms with Crippen LogP contribution < -0.4 is 10.1 Å². The number of carbonyl (C=O) groups excluding carboxylic acids is 1. The van der Waals surface area contributed by atoms with Crippen LogP contribution in [0.15, 0.2) is 46.9 Å². The second-order valence-corrected chi connectivity index (χ2v) is 5.29. The van der Waals surface area contributed by atoms with Gasteiger partial charge in [-0.25, -0.2) is 0 Å². The monoisotopic (exact) mass is 364 g/mol. The maximum Gasteiger partial charge on any atom is 0.255 e. The van der Waals surface area contributed by atoms with Crippen LogP contribution in [0.25, 0.3) is 0 Å². The van der Waals surface area contributed by atoms with Crippen molar-refractivity contribution in [2.24, 2.45) is 0 Å².